The Morgan fingerprint density at radius 2 is 1.85 bits per heavy atom. The molecule has 1 heterocycles. The number of halogens is 1. The molecule has 9 heteroatoms. The van der Waals surface area contributed by atoms with E-state index in [9.17, 15) is 18.0 Å². The Hall–Kier alpha value is -1.45. The second-order valence-corrected chi connectivity index (χ2v) is 8.83. The third kappa shape index (κ3) is 6.69. The first-order chi connectivity index (χ1) is 12.4. The third-order valence-corrected chi connectivity index (χ3v) is 6.15. The van der Waals surface area contributed by atoms with E-state index in [0.29, 0.717) is 19.5 Å². The average molecular weight is 446 g/mol. The van der Waals surface area contributed by atoms with Crippen molar-refractivity contribution in [1.82, 2.24) is 14.9 Å². The first-order valence-electron chi connectivity index (χ1n) is 8.68. The molecule has 0 spiro atoms. The summed E-state index contributed by atoms with van der Waals surface area (Å²) >= 11 is 3.25. The van der Waals surface area contributed by atoms with Crippen LogP contribution >= 0.6 is 15.9 Å². The van der Waals surface area contributed by atoms with Crippen LogP contribution in [0.4, 0.5) is 0 Å². The SMILES string of the molecule is O=C(CCNS(=O)(=O)c1ccc(Br)cc1)NCCN1CCCCCC1=O. The van der Waals surface area contributed by atoms with E-state index in [1.165, 1.54) is 12.1 Å². The van der Waals surface area contributed by atoms with Crippen LogP contribution in [0.5, 0.6) is 0 Å². The van der Waals surface area contributed by atoms with Crippen LogP contribution in [0.25, 0.3) is 0 Å². The summed E-state index contributed by atoms with van der Waals surface area (Å²) in [5, 5.41) is 2.73. The van der Waals surface area contributed by atoms with Crippen LogP contribution in [-0.2, 0) is 19.6 Å². The van der Waals surface area contributed by atoms with Gasteiger partial charge in [-0.2, -0.15) is 0 Å². The molecule has 0 atom stereocenters. The van der Waals surface area contributed by atoms with E-state index in [-0.39, 0.29) is 29.7 Å². The normalized spacial score (nSPS) is 15.6. The quantitative estimate of drug-likeness (QED) is 0.635. The number of hydrogen-bond donors (Lipinski definition) is 2. The van der Waals surface area contributed by atoms with Crippen LogP contribution in [0, 0.1) is 0 Å². The lowest BCUT2D eigenvalue weighted by atomic mass is 10.2. The van der Waals surface area contributed by atoms with Gasteiger partial charge in [-0.25, -0.2) is 13.1 Å². The van der Waals surface area contributed by atoms with E-state index in [0.717, 1.165) is 30.3 Å². The summed E-state index contributed by atoms with van der Waals surface area (Å²) in [6, 6.07) is 6.27. The van der Waals surface area contributed by atoms with Gasteiger partial charge in [0, 0.05) is 43.5 Å². The van der Waals surface area contributed by atoms with Gasteiger partial charge in [-0.15, -0.1) is 0 Å². The summed E-state index contributed by atoms with van der Waals surface area (Å²) in [4.78, 5) is 25.6. The molecule has 1 aromatic rings. The molecule has 1 aromatic carbocycles. The molecule has 0 unspecified atom stereocenters. The van der Waals surface area contributed by atoms with Crippen LogP contribution in [0.1, 0.15) is 32.1 Å². The molecule has 7 nitrogen and oxygen atoms in total. The molecule has 1 aliphatic heterocycles. The lowest BCUT2D eigenvalue weighted by Gasteiger charge is -2.20. The fourth-order valence-corrected chi connectivity index (χ4v) is 3.99. The summed E-state index contributed by atoms with van der Waals surface area (Å²) in [5.41, 5.74) is 0. The summed E-state index contributed by atoms with van der Waals surface area (Å²) in [6.07, 6.45) is 3.61. The average Bonchev–Trinajstić information content (AvgIpc) is 2.80. The molecule has 1 fully saturated rings. The van der Waals surface area contributed by atoms with Crippen LogP contribution in [0.15, 0.2) is 33.6 Å². The Morgan fingerprint density at radius 1 is 1.12 bits per heavy atom. The Bertz CT molecular complexity index is 722. The first-order valence-corrected chi connectivity index (χ1v) is 11.0. The number of likely N-dealkylation sites (tertiary alicyclic amines) is 1. The van der Waals surface area contributed by atoms with Gasteiger partial charge in [0.2, 0.25) is 21.8 Å². The number of rotatable bonds is 8. The molecule has 144 valence electrons. The van der Waals surface area contributed by atoms with E-state index in [1.807, 2.05) is 0 Å². The minimum atomic E-state index is -3.63. The number of sulfonamides is 1. The summed E-state index contributed by atoms with van der Waals surface area (Å²) < 4.78 is 27.4. The van der Waals surface area contributed by atoms with Gasteiger partial charge in [-0.05, 0) is 37.1 Å². The maximum atomic E-state index is 12.1. The Kier molecular flexibility index (Phi) is 8.05. The largest absolute Gasteiger partial charge is 0.354 e. The van der Waals surface area contributed by atoms with Crippen molar-refractivity contribution in [3.63, 3.8) is 0 Å². The molecule has 1 aliphatic rings. The maximum absolute atomic E-state index is 12.1. The Morgan fingerprint density at radius 3 is 2.58 bits per heavy atom. The van der Waals surface area contributed by atoms with E-state index < -0.39 is 10.0 Å². The molecular formula is C17H24BrN3O4S. The van der Waals surface area contributed by atoms with Crippen molar-refractivity contribution < 1.29 is 18.0 Å². The van der Waals surface area contributed by atoms with Gasteiger partial charge in [-0.1, -0.05) is 22.4 Å². The molecule has 0 bridgehead atoms. The smallest absolute Gasteiger partial charge is 0.240 e. The summed E-state index contributed by atoms with van der Waals surface area (Å²) in [7, 11) is -3.63. The van der Waals surface area contributed by atoms with Crippen LogP contribution in [0.2, 0.25) is 0 Å². The minimum absolute atomic E-state index is 0.0207. The second kappa shape index (κ2) is 10.0. The van der Waals surface area contributed by atoms with E-state index in [4.69, 9.17) is 0 Å². The predicted octanol–water partition coefficient (Wildman–Crippen LogP) is 1.64. The highest BCUT2D eigenvalue weighted by Crippen LogP contribution is 2.14. The number of nitrogens with zero attached hydrogens (tertiary/aromatic N) is 1. The zero-order valence-corrected chi connectivity index (χ0v) is 16.9. The summed E-state index contributed by atoms with van der Waals surface area (Å²) in [6.45, 7) is 1.63. The van der Waals surface area contributed by atoms with Gasteiger partial charge >= 0.3 is 0 Å². The van der Waals surface area contributed by atoms with Crippen molar-refractivity contribution >= 4 is 37.8 Å². The number of hydrogen-bond acceptors (Lipinski definition) is 4. The molecule has 0 radical (unpaired) electrons. The third-order valence-electron chi connectivity index (χ3n) is 4.14. The molecule has 0 aromatic heterocycles. The molecule has 2 amide bonds. The molecule has 2 rings (SSSR count). The van der Waals surface area contributed by atoms with Crippen LogP contribution in [0.3, 0.4) is 0 Å². The van der Waals surface area contributed by atoms with Crippen LogP contribution < -0.4 is 10.0 Å². The van der Waals surface area contributed by atoms with Crippen LogP contribution in [-0.4, -0.2) is 51.3 Å². The van der Waals surface area contributed by atoms with Gasteiger partial charge < -0.3 is 10.2 Å². The van der Waals surface area contributed by atoms with Crippen molar-refractivity contribution in [2.45, 2.75) is 37.0 Å². The number of carbonyl (C=O) groups is 2. The minimum Gasteiger partial charge on any atom is -0.354 e. The number of benzene rings is 1. The van der Waals surface area contributed by atoms with Crippen molar-refractivity contribution in [1.29, 1.82) is 0 Å². The molecule has 26 heavy (non-hydrogen) atoms. The van der Waals surface area contributed by atoms with Gasteiger partial charge in [0.1, 0.15) is 0 Å². The second-order valence-electron chi connectivity index (χ2n) is 6.14. The molecule has 2 N–H and O–H groups in total. The lowest BCUT2D eigenvalue weighted by molar-refractivity contribution is -0.131. The van der Waals surface area contributed by atoms with Crippen molar-refractivity contribution in [2.24, 2.45) is 0 Å². The van der Waals surface area contributed by atoms with E-state index >= 15 is 0 Å². The van der Waals surface area contributed by atoms with Crippen molar-refractivity contribution in [3.8, 4) is 0 Å². The van der Waals surface area contributed by atoms with Gasteiger partial charge in [0.15, 0.2) is 0 Å². The summed E-state index contributed by atoms with van der Waals surface area (Å²) in [5.74, 6) is -0.107. The highest BCUT2D eigenvalue weighted by molar-refractivity contribution is 9.10. The first kappa shape index (κ1) is 20.9. The highest BCUT2D eigenvalue weighted by atomic mass is 79.9. The maximum Gasteiger partial charge on any atom is 0.240 e. The fourth-order valence-electron chi connectivity index (χ4n) is 2.69. The highest BCUT2D eigenvalue weighted by Gasteiger charge is 2.17. The predicted molar refractivity (Wildman–Crippen MR) is 102 cm³/mol. The lowest BCUT2D eigenvalue weighted by Crippen LogP contribution is -2.39. The topological polar surface area (TPSA) is 95.6 Å². The van der Waals surface area contributed by atoms with Gasteiger partial charge in [0.25, 0.3) is 0 Å². The van der Waals surface area contributed by atoms with Gasteiger partial charge in [-0.3, -0.25) is 9.59 Å². The number of carbonyl (C=O) groups excluding carboxylic acids is 2. The Labute approximate surface area is 162 Å². The van der Waals surface area contributed by atoms with E-state index in [1.54, 1.807) is 17.0 Å². The van der Waals surface area contributed by atoms with Crippen molar-refractivity contribution in [3.05, 3.63) is 28.7 Å². The molecular weight excluding hydrogens is 422 g/mol. The van der Waals surface area contributed by atoms with E-state index in [2.05, 4.69) is 26.0 Å². The zero-order chi connectivity index (χ0) is 19.0. The fraction of sp³-hybridized carbons (Fsp3) is 0.529. The monoisotopic (exact) mass is 445 g/mol. The molecule has 0 aliphatic carbocycles. The van der Waals surface area contributed by atoms with Gasteiger partial charge in [0.05, 0.1) is 4.90 Å². The molecule has 0 saturated carbocycles. The zero-order valence-electron chi connectivity index (χ0n) is 14.5. The molecule has 1 saturated heterocycles. The standard InChI is InChI=1S/C17H24BrN3O4S/c18-14-5-7-15(8-6-14)26(24,25)20-10-9-16(22)19-11-13-21-12-3-1-2-4-17(21)23/h5-8,20H,1-4,9-13H2,(H,19,22). The van der Waals surface area contributed by atoms with Crippen molar-refractivity contribution in [2.75, 3.05) is 26.2 Å². The number of nitrogens with one attached hydrogen (secondary N) is 2. The Balaban J connectivity index is 1.68. The number of amides is 2.